The number of aliphatic hydroxyl groups is 1. The Balaban J connectivity index is 1.78. The summed E-state index contributed by atoms with van der Waals surface area (Å²) in [7, 11) is 1.53. The Kier molecular flexibility index (Phi) is 12.0. The van der Waals surface area contributed by atoms with E-state index in [1.807, 2.05) is 56.3 Å². The highest BCUT2D eigenvalue weighted by atomic mass is 16.5. The van der Waals surface area contributed by atoms with E-state index in [-0.39, 0.29) is 6.42 Å². The van der Waals surface area contributed by atoms with Crippen molar-refractivity contribution in [2.24, 2.45) is 11.8 Å². The van der Waals surface area contributed by atoms with Gasteiger partial charge in [0, 0.05) is 23.7 Å². The molecule has 0 bridgehead atoms. The summed E-state index contributed by atoms with van der Waals surface area (Å²) in [5.74, 6) is -3.84. The lowest BCUT2D eigenvalue weighted by Crippen LogP contribution is -2.56. The molecule has 4 rings (SSSR count). The summed E-state index contributed by atoms with van der Waals surface area (Å²) >= 11 is 0. The zero-order valence-electron chi connectivity index (χ0n) is 27.7. The number of methoxy groups -OCH3 is 1. The van der Waals surface area contributed by atoms with Crippen molar-refractivity contribution >= 4 is 29.0 Å². The van der Waals surface area contributed by atoms with Crippen LogP contribution >= 0.6 is 0 Å². The van der Waals surface area contributed by atoms with Crippen LogP contribution in [0.25, 0.3) is 0 Å². The standard InChI is InChI=1S/C38H48N2O6/c1-6-9-10-15-22-46-31-21-20-27(23-32(31)45-5)33-34(36(42)39-28-18-13-11-16-25(28)7-2)30(41)24-38(4,44)35(33)37(43)40-29-19-14-12-17-26(29)8-3/h11-14,16-21,23,33-35,44H,6-10,15,22,24H2,1-5H3,(H,39,42)(H,40,43). The number of anilines is 2. The third kappa shape index (κ3) is 7.97. The fourth-order valence-electron chi connectivity index (χ4n) is 6.54. The zero-order valence-corrected chi connectivity index (χ0v) is 27.7. The average Bonchev–Trinajstić information content (AvgIpc) is 3.04. The van der Waals surface area contributed by atoms with E-state index in [4.69, 9.17) is 9.47 Å². The van der Waals surface area contributed by atoms with Gasteiger partial charge < -0.3 is 25.2 Å². The topological polar surface area (TPSA) is 114 Å². The van der Waals surface area contributed by atoms with Crippen LogP contribution in [0, 0.1) is 11.8 Å². The number of hydrogen-bond donors (Lipinski definition) is 3. The Morgan fingerprint density at radius 2 is 1.46 bits per heavy atom. The van der Waals surface area contributed by atoms with Crippen molar-refractivity contribution in [1.82, 2.24) is 0 Å². The highest BCUT2D eigenvalue weighted by Gasteiger charge is 2.56. The number of rotatable bonds is 14. The first-order valence-electron chi connectivity index (χ1n) is 16.5. The number of Topliss-reactive ketones (excluding diaryl/α,β-unsaturated/α-hetero) is 1. The van der Waals surface area contributed by atoms with Crippen LogP contribution in [0.15, 0.2) is 66.7 Å². The summed E-state index contributed by atoms with van der Waals surface area (Å²) in [5, 5.41) is 17.8. The maximum atomic E-state index is 14.2. The number of benzene rings is 3. The van der Waals surface area contributed by atoms with Crippen LogP contribution in [0.3, 0.4) is 0 Å². The maximum absolute atomic E-state index is 14.2. The molecule has 1 aliphatic rings. The molecule has 0 spiro atoms. The van der Waals surface area contributed by atoms with Gasteiger partial charge >= 0.3 is 0 Å². The Bertz CT molecular complexity index is 1520. The van der Waals surface area contributed by atoms with E-state index in [1.165, 1.54) is 14.0 Å². The molecule has 0 aromatic heterocycles. The highest BCUT2D eigenvalue weighted by Crippen LogP contribution is 2.48. The largest absolute Gasteiger partial charge is 0.493 e. The van der Waals surface area contributed by atoms with Gasteiger partial charge in [-0.05, 0) is 67.1 Å². The first-order chi connectivity index (χ1) is 22.1. The number of aryl methyl sites for hydroxylation is 2. The molecule has 1 aliphatic carbocycles. The van der Waals surface area contributed by atoms with E-state index in [1.54, 1.807) is 24.3 Å². The summed E-state index contributed by atoms with van der Waals surface area (Å²) < 4.78 is 11.7. The van der Waals surface area contributed by atoms with Crippen LogP contribution in [0.1, 0.15) is 82.4 Å². The summed E-state index contributed by atoms with van der Waals surface area (Å²) in [6, 6.07) is 20.2. The van der Waals surface area contributed by atoms with Crippen LogP contribution in [0.4, 0.5) is 11.4 Å². The molecule has 0 radical (unpaired) electrons. The van der Waals surface area contributed by atoms with Crippen LogP contribution in [-0.2, 0) is 27.2 Å². The Labute approximate surface area is 272 Å². The van der Waals surface area contributed by atoms with E-state index in [9.17, 15) is 19.5 Å². The summed E-state index contributed by atoms with van der Waals surface area (Å²) in [4.78, 5) is 42.2. The van der Waals surface area contributed by atoms with Crippen LogP contribution < -0.4 is 20.1 Å². The minimum atomic E-state index is -1.73. The van der Waals surface area contributed by atoms with Crippen molar-refractivity contribution in [3.8, 4) is 11.5 Å². The van der Waals surface area contributed by atoms with Crippen molar-refractivity contribution in [1.29, 1.82) is 0 Å². The van der Waals surface area contributed by atoms with Gasteiger partial charge in [-0.15, -0.1) is 0 Å². The molecule has 3 aromatic rings. The molecule has 4 atom stereocenters. The molecule has 1 fully saturated rings. The normalized spacial score (nSPS) is 21.0. The second kappa shape index (κ2) is 15.9. The van der Waals surface area contributed by atoms with Gasteiger partial charge in [-0.2, -0.15) is 0 Å². The zero-order chi connectivity index (χ0) is 33.3. The highest BCUT2D eigenvalue weighted by molar-refractivity contribution is 6.10. The van der Waals surface area contributed by atoms with Crippen molar-refractivity contribution in [3.63, 3.8) is 0 Å². The van der Waals surface area contributed by atoms with Crippen molar-refractivity contribution < 1.29 is 29.0 Å². The second-order valence-electron chi connectivity index (χ2n) is 12.3. The maximum Gasteiger partial charge on any atom is 0.235 e. The first kappa shape index (κ1) is 34.7. The lowest BCUT2D eigenvalue weighted by Gasteiger charge is -2.44. The van der Waals surface area contributed by atoms with E-state index in [0.29, 0.717) is 47.9 Å². The predicted molar refractivity (Wildman–Crippen MR) is 181 cm³/mol. The Morgan fingerprint density at radius 3 is 2.04 bits per heavy atom. The van der Waals surface area contributed by atoms with Crippen LogP contribution in [0.2, 0.25) is 0 Å². The molecule has 0 aliphatic heterocycles. The number of carbonyl (C=O) groups excluding carboxylic acids is 3. The van der Waals surface area contributed by atoms with Crippen LogP contribution in [-0.4, -0.2) is 42.0 Å². The fraction of sp³-hybridized carbons (Fsp3) is 0.447. The molecular formula is C38H48N2O6. The van der Waals surface area contributed by atoms with Gasteiger partial charge in [0.05, 0.1) is 25.2 Å². The quantitative estimate of drug-likeness (QED) is 0.130. The molecule has 46 heavy (non-hydrogen) atoms. The molecule has 0 heterocycles. The molecule has 2 amide bonds. The van der Waals surface area contributed by atoms with E-state index >= 15 is 0 Å². The molecule has 3 aromatic carbocycles. The predicted octanol–water partition coefficient (Wildman–Crippen LogP) is 7.10. The lowest BCUT2D eigenvalue weighted by atomic mass is 9.61. The minimum absolute atomic E-state index is 0.347. The fourth-order valence-corrected chi connectivity index (χ4v) is 6.54. The van der Waals surface area contributed by atoms with E-state index < -0.39 is 41.0 Å². The Morgan fingerprint density at radius 1 is 0.848 bits per heavy atom. The van der Waals surface area contributed by atoms with Gasteiger partial charge in [0.1, 0.15) is 11.7 Å². The molecule has 3 N–H and O–H groups in total. The lowest BCUT2D eigenvalue weighted by molar-refractivity contribution is -0.150. The van der Waals surface area contributed by atoms with Crippen LogP contribution in [0.5, 0.6) is 11.5 Å². The number of ketones is 1. The second-order valence-corrected chi connectivity index (χ2v) is 12.3. The van der Waals surface area contributed by atoms with Gasteiger partial charge in [-0.25, -0.2) is 0 Å². The third-order valence-corrected chi connectivity index (χ3v) is 8.97. The van der Waals surface area contributed by atoms with Gasteiger partial charge in [0.25, 0.3) is 0 Å². The average molecular weight is 629 g/mol. The Hall–Kier alpha value is -4.17. The van der Waals surface area contributed by atoms with Crippen molar-refractivity contribution in [2.45, 2.75) is 84.2 Å². The minimum Gasteiger partial charge on any atom is -0.493 e. The first-order valence-corrected chi connectivity index (χ1v) is 16.5. The molecule has 8 heteroatoms. The summed E-state index contributed by atoms with van der Waals surface area (Å²) in [6.07, 6.45) is 5.26. The third-order valence-electron chi connectivity index (χ3n) is 8.97. The number of nitrogens with one attached hydrogen (secondary N) is 2. The van der Waals surface area contributed by atoms with Gasteiger partial charge in [-0.3, -0.25) is 14.4 Å². The van der Waals surface area contributed by atoms with Gasteiger partial charge in [0.2, 0.25) is 11.8 Å². The number of para-hydroxylation sites is 2. The number of ether oxygens (including phenoxy) is 2. The van der Waals surface area contributed by atoms with Gasteiger partial charge in [0.15, 0.2) is 11.5 Å². The molecule has 8 nitrogen and oxygen atoms in total. The number of amides is 2. The molecule has 246 valence electrons. The number of unbranched alkanes of at least 4 members (excludes halogenated alkanes) is 3. The van der Waals surface area contributed by atoms with Gasteiger partial charge in [-0.1, -0.05) is 82.5 Å². The smallest absolute Gasteiger partial charge is 0.235 e. The number of carbonyl (C=O) groups is 3. The number of hydrogen-bond acceptors (Lipinski definition) is 6. The molecule has 1 saturated carbocycles. The molecule has 0 saturated heterocycles. The van der Waals surface area contributed by atoms with Crippen molar-refractivity contribution in [3.05, 3.63) is 83.4 Å². The molecular weight excluding hydrogens is 580 g/mol. The SMILES string of the molecule is CCCCCCOc1ccc(C2C(C(=O)Nc3ccccc3CC)C(=O)CC(C)(O)C2C(=O)Nc2ccccc2CC)cc1OC. The summed E-state index contributed by atoms with van der Waals surface area (Å²) in [5.41, 5.74) is 1.90. The van der Waals surface area contributed by atoms with E-state index in [0.717, 1.165) is 36.8 Å². The summed E-state index contributed by atoms with van der Waals surface area (Å²) in [6.45, 7) is 8.17. The molecule has 4 unspecified atom stereocenters. The monoisotopic (exact) mass is 628 g/mol. The van der Waals surface area contributed by atoms with E-state index in [2.05, 4.69) is 17.6 Å². The van der Waals surface area contributed by atoms with Crippen molar-refractivity contribution in [2.75, 3.05) is 24.4 Å².